The van der Waals surface area contributed by atoms with Crippen molar-refractivity contribution >= 4 is 11.6 Å². The van der Waals surface area contributed by atoms with Crippen molar-refractivity contribution in [2.75, 3.05) is 20.1 Å². The molecule has 1 aromatic heterocycles. The lowest BCUT2D eigenvalue weighted by Gasteiger charge is -2.27. The molecule has 3 nitrogen and oxygen atoms in total. The van der Waals surface area contributed by atoms with Gasteiger partial charge in [0.25, 0.3) is 0 Å². The van der Waals surface area contributed by atoms with E-state index in [1.807, 2.05) is 13.0 Å². The van der Waals surface area contributed by atoms with Gasteiger partial charge in [-0.3, -0.25) is 0 Å². The summed E-state index contributed by atoms with van der Waals surface area (Å²) < 4.78 is 5.78. The Hall–Kier alpha value is -0.510. The monoisotopic (exact) mass is 242 g/mol. The third-order valence-electron chi connectivity index (χ3n) is 3.27. The van der Waals surface area contributed by atoms with Crippen LogP contribution in [0.3, 0.4) is 0 Å². The van der Waals surface area contributed by atoms with E-state index >= 15 is 0 Å². The lowest BCUT2D eigenvalue weighted by Crippen LogP contribution is -2.29. The smallest absolute Gasteiger partial charge is 0.126 e. The molecule has 0 amide bonds. The molecule has 0 radical (unpaired) electrons. The van der Waals surface area contributed by atoms with Crippen LogP contribution in [0.5, 0.6) is 0 Å². The third-order valence-corrected chi connectivity index (χ3v) is 3.57. The normalized spacial score (nSPS) is 21.2. The number of nitrogens with zero attached hydrogens (tertiary/aromatic N) is 1. The fraction of sp³-hybridized carbons (Fsp3) is 0.667. The van der Waals surface area contributed by atoms with Crippen LogP contribution in [0.1, 0.15) is 43.2 Å². The summed E-state index contributed by atoms with van der Waals surface area (Å²) in [7, 11) is 2.15. The van der Waals surface area contributed by atoms with Crippen LogP contribution in [0.25, 0.3) is 0 Å². The predicted octanol–water partition coefficient (Wildman–Crippen LogP) is 2.76. The van der Waals surface area contributed by atoms with Gasteiger partial charge < -0.3 is 15.1 Å². The third kappa shape index (κ3) is 2.42. The van der Waals surface area contributed by atoms with Crippen molar-refractivity contribution in [1.29, 1.82) is 0 Å². The Labute approximate surface area is 102 Å². The van der Waals surface area contributed by atoms with Gasteiger partial charge in [0.1, 0.15) is 11.5 Å². The summed E-state index contributed by atoms with van der Waals surface area (Å²) in [6.45, 7) is 4.12. The Morgan fingerprint density at radius 2 is 2.12 bits per heavy atom. The molecule has 1 aliphatic heterocycles. The van der Waals surface area contributed by atoms with E-state index in [1.54, 1.807) is 0 Å². The number of rotatable bonds is 2. The van der Waals surface area contributed by atoms with E-state index in [4.69, 9.17) is 21.8 Å². The minimum Gasteiger partial charge on any atom is -0.463 e. The van der Waals surface area contributed by atoms with Gasteiger partial charge in [-0.15, -0.1) is 0 Å². The number of nitrogens with two attached hydrogens (primary N) is 1. The van der Waals surface area contributed by atoms with Crippen molar-refractivity contribution < 1.29 is 4.42 Å². The molecule has 1 unspecified atom stereocenters. The zero-order valence-electron chi connectivity index (χ0n) is 9.87. The first-order valence-corrected chi connectivity index (χ1v) is 6.19. The number of piperidine rings is 1. The molecule has 2 heterocycles. The Bertz CT molecular complexity index is 354. The zero-order valence-corrected chi connectivity index (χ0v) is 10.6. The minimum atomic E-state index is -0.0856. The van der Waals surface area contributed by atoms with Crippen molar-refractivity contribution in [3.05, 3.63) is 22.6 Å². The van der Waals surface area contributed by atoms with Crippen molar-refractivity contribution in [1.82, 2.24) is 4.90 Å². The molecule has 2 rings (SSSR count). The molecule has 1 atom stereocenters. The lowest BCUT2D eigenvalue weighted by atomic mass is 9.95. The molecule has 1 aromatic rings. The molecule has 0 aliphatic carbocycles. The highest BCUT2D eigenvalue weighted by Gasteiger charge is 2.24. The molecule has 2 N–H and O–H groups in total. The van der Waals surface area contributed by atoms with E-state index in [2.05, 4.69) is 11.9 Å². The topological polar surface area (TPSA) is 42.4 Å². The average Bonchev–Trinajstić information content (AvgIpc) is 2.62. The van der Waals surface area contributed by atoms with Gasteiger partial charge in [0.2, 0.25) is 0 Å². The van der Waals surface area contributed by atoms with E-state index < -0.39 is 0 Å². The Morgan fingerprint density at radius 1 is 1.50 bits per heavy atom. The van der Waals surface area contributed by atoms with E-state index in [-0.39, 0.29) is 6.04 Å². The minimum absolute atomic E-state index is 0.0856. The van der Waals surface area contributed by atoms with Crippen LogP contribution < -0.4 is 5.73 Å². The standard InChI is InChI=1S/C12H19ClN2O/c1-8(14)11-7-10(13)12(16-11)9-3-5-15(2)6-4-9/h7-9H,3-6,14H2,1-2H3. The highest BCUT2D eigenvalue weighted by molar-refractivity contribution is 6.31. The van der Waals surface area contributed by atoms with Gasteiger partial charge in [-0.25, -0.2) is 0 Å². The molecular weight excluding hydrogens is 224 g/mol. The SMILES string of the molecule is CC(N)c1cc(Cl)c(C2CCN(C)CC2)o1. The maximum absolute atomic E-state index is 6.20. The average molecular weight is 243 g/mol. The Kier molecular flexibility index (Phi) is 3.57. The Morgan fingerprint density at radius 3 is 2.62 bits per heavy atom. The van der Waals surface area contributed by atoms with Gasteiger partial charge >= 0.3 is 0 Å². The first kappa shape index (κ1) is 12.0. The summed E-state index contributed by atoms with van der Waals surface area (Å²) in [5.41, 5.74) is 5.79. The van der Waals surface area contributed by atoms with Gasteiger partial charge in [0, 0.05) is 12.0 Å². The quantitative estimate of drug-likeness (QED) is 0.867. The highest BCUT2D eigenvalue weighted by atomic mass is 35.5. The first-order valence-electron chi connectivity index (χ1n) is 5.81. The first-order chi connectivity index (χ1) is 7.58. The molecule has 1 saturated heterocycles. The van der Waals surface area contributed by atoms with Gasteiger partial charge in [-0.2, -0.15) is 0 Å². The zero-order chi connectivity index (χ0) is 11.7. The molecule has 1 aliphatic rings. The van der Waals surface area contributed by atoms with Gasteiger partial charge in [-0.1, -0.05) is 11.6 Å². The van der Waals surface area contributed by atoms with Crippen LogP contribution in [-0.2, 0) is 0 Å². The number of hydrogen-bond donors (Lipinski definition) is 1. The Balaban J connectivity index is 2.14. The summed E-state index contributed by atoms with van der Waals surface area (Å²) >= 11 is 6.20. The number of likely N-dealkylation sites (tertiary alicyclic amines) is 1. The molecule has 4 heteroatoms. The lowest BCUT2D eigenvalue weighted by molar-refractivity contribution is 0.238. The van der Waals surface area contributed by atoms with E-state index in [0.717, 1.165) is 42.5 Å². The molecular formula is C12H19ClN2O. The summed E-state index contributed by atoms with van der Waals surface area (Å²) in [5, 5.41) is 0.738. The van der Waals surface area contributed by atoms with Gasteiger partial charge in [-0.05, 0) is 39.9 Å². The second kappa shape index (κ2) is 4.78. The summed E-state index contributed by atoms with van der Waals surface area (Å²) in [4.78, 5) is 2.33. The molecule has 0 bridgehead atoms. The summed E-state index contributed by atoms with van der Waals surface area (Å²) in [6, 6.07) is 1.78. The van der Waals surface area contributed by atoms with Crippen LogP contribution >= 0.6 is 11.6 Å². The molecule has 90 valence electrons. The largest absolute Gasteiger partial charge is 0.463 e. The summed E-state index contributed by atoms with van der Waals surface area (Å²) in [5.74, 6) is 2.18. The maximum atomic E-state index is 6.20. The van der Waals surface area contributed by atoms with E-state index in [1.165, 1.54) is 0 Å². The molecule has 0 spiro atoms. The number of hydrogen-bond acceptors (Lipinski definition) is 3. The summed E-state index contributed by atoms with van der Waals surface area (Å²) in [6.07, 6.45) is 2.23. The maximum Gasteiger partial charge on any atom is 0.126 e. The number of halogens is 1. The molecule has 16 heavy (non-hydrogen) atoms. The van der Waals surface area contributed by atoms with Crippen LogP contribution in [-0.4, -0.2) is 25.0 Å². The van der Waals surface area contributed by atoms with Gasteiger partial charge in [0.15, 0.2) is 0 Å². The number of furan rings is 1. The second-order valence-corrected chi connectivity index (χ2v) is 5.13. The van der Waals surface area contributed by atoms with Crippen molar-refractivity contribution in [2.24, 2.45) is 5.73 Å². The molecule has 0 aromatic carbocycles. The predicted molar refractivity (Wildman–Crippen MR) is 65.8 cm³/mol. The van der Waals surface area contributed by atoms with Crippen LogP contribution in [0.4, 0.5) is 0 Å². The second-order valence-electron chi connectivity index (χ2n) is 4.73. The fourth-order valence-electron chi connectivity index (χ4n) is 2.17. The van der Waals surface area contributed by atoms with Crippen LogP contribution in [0.2, 0.25) is 5.02 Å². The van der Waals surface area contributed by atoms with Crippen molar-refractivity contribution in [3.8, 4) is 0 Å². The van der Waals surface area contributed by atoms with Crippen LogP contribution in [0, 0.1) is 0 Å². The van der Waals surface area contributed by atoms with Gasteiger partial charge in [0.05, 0.1) is 11.1 Å². The van der Waals surface area contributed by atoms with E-state index in [0.29, 0.717) is 5.92 Å². The van der Waals surface area contributed by atoms with E-state index in [9.17, 15) is 0 Å². The molecule has 1 fully saturated rings. The fourth-order valence-corrected chi connectivity index (χ4v) is 2.48. The highest BCUT2D eigenvalue weighted by Crippen LogP contribution is 2.35. The van der Waals surface area contributed by atoms with Crippen LogP contribution in [0.15, 0.2) is 10.5 Å². The van der Waals surface area contributed by atoms with Crippen molar-refractivity contribution in [2.45, 2.75) is 31.7 Å². The molecule has 0 saturated carbocycles. The van der Waals surface area contributed by atoms with Crippen molar-refractivity contribution in [3.63, 3.8) is 0 Å².